The summed E-state index contributed by atoms with van der Waals surface area (Å²) in [5, 5.41) is 0. The Morgan fingerprint density at radius 1 is 1.30 bits per heavy atom. The molecule has 1 aliphatic heterocycles. The molecular formula is C13H19NO5S. The SMILES string of the molecule is COc1ccc(OC)c(S(=O)(=O)N2CCO[C@H](C)C2)c1. The lowest BCUT2D eigenvalue weighted by molar-refractivity contribution is 0.0101. The van der Waals surface area contributed by atoms with Crippen LogP contribution in [0.3, 0.4) is 0 Å². The maximum atomic E-state index is 12.7. The molecule has 0 radical (unpaired) electrons. The zero-order valence-electron chi connectivity index (χ0n) is 11.8. The molecule has 1 aliphatic rings. The van der Waals surface area contributed by atoms with Crippen molar-refractivity contribution in [1.29, 1.82) is 0 Å². The molecule has 1 atom stereocenters. The number of morpholine rings is 1. The fourth-order valence-electron chi connectivity index (χ4n) is 2.13. The zero-order chi connectivity index (χ0) is 14.8. The molecule has 0 saturated carbocycles. The molecule has 6 nitrogen and oxygen atoms in total. The van der Waals surface area contributed by atoms with Gasteiger partial charge in [0.25, 0.3) is 0 Å². The van der Waals surface area contributed by atoms with Crippen molar-refractivity contribution in [3.63, 3.8) is 0 Å². The summed E-state index contributed by atoms with van der Waals surface area (Å²) in [5.41, 5.74) is 0. The minimum absolute atomic E-state index is 0.116. The van der Waals surface area contributed by atoms with Crippen LogP contribution in [0.15, 0.2) is 23.1 Å². The first-order valence-corrected chi connectivity index (χ1v) is 7.77. The van der Waals surface area contributed by atoms with Gasteiger partial charge in [0.15, 0.2) is 0 Å². The zero-order valence-corrected chi connectivity index (χ0v) is 12.6. The molecule has 7 heteroatoms. The van der Waals surface area contributed by atoms with Crippen LogP contribution in [-0.2, 0) is 14.8 Å². The number of nitrogens with zero attached hydrogens (tertiary/aromatic N) is 1. The normalized spacial score (nSPS) is 20.6. The molecule has 20 heavy (non-hydrogen) atoms. The van der Waals surface area contributed by atoms with Crippen LogP contribution in [0.5, 0.6) is 11.5 Å². The molecule has 0 amide bonds. The van der Waals surface area contributed by atoms with E-state index < -0.39 is 10.0 Å². The molecule has 0 bridgehead atoms. The van der Waals surface area contributed by atoms with Gasteiger partial charge in [0, 0.05) is 19.2 Å². The van der Waals surface area contributed by atoms with E-state index in [2.05, 4.69) is 0 Å². The molecule has 2 rings (SSSR count). The minimum Gasteiger partial charge on any atom is -0.497 e. The molecule has 0 N–H and O–H groups in total. The summed E-state index contributed by atoms with van der Waals surface area (Å²) >= 11 is 0. The second-order valence-electron chi connectivity index (χ2n) is 4.56. The predicted octanol–water partition coefficient (Wildman–Crippen LogP) is 1.11. The van der Waals surface area contributed by atoms with Gasteiger partial charge in [-0.2, -0.15) is 4.31 Å². The number of methoxy groups -OCH3 is 2. The number of benzene rings is 1. The highest BCUT2D eigenvalue weighted by Gasteiger charge is 2.31. The maximum absolute atomic E-state index is 12.7. The van der Waals surface area contributed by atoms with Crippen LogP contribution in [0.4, 0.5) is 0 Å². The summed E-state index contributed by atoms with van der Waals surface area (Å²) in [7, 11) is -0.680. The fourth-order valence-corrected chi connectivity index (χ4v) is 3.80. The lowest BCUT2D eigenvalue weighted by Crippen LogP contribution is -2.44. The largest absolute Gasteiger partial charge is 0.497 e. The van der Waals surface area contributed by atoms with Gasteiger partial charge >= 0.3 is 0 Å². The van der Waals surface area contributed by atoms with Gasteiger partial charge in [-0.1, -0.05) is 0 Å². The van der Waals surface area contributed by atoms with Crippen LogP contribution in [0.1, 0.15) is 6.92 Å². The van der Waals surface area contributed by atoms with Crippen molar-refractivity contribution in [3.8, 4) is 11.5 Å². The Kier molecular flexibility index (Phi) is 4.52. The van der Waals surface area contributed by atoms with Gasteiger partial charge in [0.1, 0.15) is 16.4 Å². The van der Waals surface area contributed by atoms with Gasteiger partial charge in [-0.05, 0) is 19.1 Å². The van der Waals surface area contributed by atoms with Gasteiger partial charge in [-0.15, -0.1) is 0 Å². The van der Waals surface area contributed by atoms with Crippen LogP contribution in [0.25, 0.3) is 0 Å². The highest BCUT2D eigenvalue weighted by Crippen LogP contribution is 2.31. The van der Waals surface area contributed by atoms with Crippen molar-refractivity contribution in [2.75, 3.05) is 33.9 Å². The Hall–Kier alpha value is -1.31. The Labute approximate surface area is 119 Å². The molecule has 1 saturated heterocycles. The Balaban J connectivity index is 2.42. The summed E-state index contributed by atoms with van der Waals surface area (Å²) in [4.78, 5) is 0.119. The average molecular weight is 301 g/mol. The minimum atomic E-state index is -3.62. The van der Waals surface area contributed by atoms with E-state index in [9.17, 15) is 8.42 Å². The van der Waals surface area contributed by atoms with Gasteiger partial charge in [-0.25, -0.2) is 8.42 Å². The van der Waals surface area contributed by atoms with Gasteiger partial charge < -0.3 is 14.2 Å². The lowest BCUT2D eigenvalue weighted by Gasteiger charge is -2.30. The summed E-state index contributed by atoms with van der Waals surface area (Å²) < 4.78 is 42.5. The van der Waals surface area contributed by atoms with E-state index >= 15 is 0 Å². The van der Waals surface area contributed by atoms with E-state index in [1.54, 1.807) is 12.1 Å². The van der Waals surface area contributed by atoms with Crippen LogP contribution in [0.2, 0.25) is 0 Å². The average Bonchev–Trinajstić information content (AvgIpc) is 2.46. The number of hydrogen-bond donors (Lipinski definition) is 0. The topological polar surface area (TPSA) is 65.1 Å². The maximum Gasteiger partial charge on any atom is 0.247 e. The molecule has 1 aromatic rings. The number of rotatable bonds is 4. The third-order valence-corrected chi connectivity index (χ3v) is 5.08. The molecule has 0 aromatic heterocycles. The van der Waals surface area contributed by atoms with E-state index in [1.807, 2.05) is 6.92 Å². The fraction of sp³-hybridized carbons (Fsp3) is 0.538. The van der Waals surface area contributed by atoms with E-state index in [4.69, 9.17) is 14.2 Å². The van der Waals surface area contributed by atoms with E-state index in [0.717, 1.165) is 0 Å². The first-order chi connectivity index (χ1) is 9.48. The van der Waals surface area contributed by atoms with Crippen LogP contribution >= 0.6 is 0 Å². The molecule has 0 unspecified atom stereocenters. The summed E-state index contributed by atoms with van der Waals surface area (Å²) in [6.07, 6.45) is -0.116. The van der Waals surface area contributed by atoms with Gasteiger partial charge in [-0.3, -0.25) is 0 Å². The van der Waals surface area contributed by atoms with Crippen molar-refractivity contribution in [1.82, 2.24) is 4.31 Å². The third kappa shape index (κ3) is 2.89. The summed E-state index contributed by atoms with van der Waals surface area (Å²) in [6, 6.07) is 4.74. The molecule has 0 spiro atoms. The quantitative estimate of drug-likeness (QED) is 0.833. The highest BCUT2D eigenvalue weighted by atomic mass is 32.2. The molecular weight excluding hydrogens is 282 g/mol. The van der Waals surface area contributed by atoms with Crippen molar-refractivity contribution in [2.45, 2.75) is 17.9 Å². The van der Waals surface area contributed by atoms with Crippen LogP contribution < -0.4 is 9.47 Å². The van der Waals surface area contributed by atoms with E-state index in [-0.39, 0.29) is 11.0 Å². The molecule has 1 aromatic carbocycles. The van der Waals surface area contributed by atoms with Crippen molar-refractivity contribution in [3.05, 3.63) is 18.2 Å². The van der Waals surface area contributed by atoms with Crippen LogP contribution in [-0.4, -0.2) is 52.7 Å². The Morgan fingerprint density at radius 2 is 2.05 bits per heavy atom. The van der Waals surface area contributed by atoms with Crippen molar-refractivity contribution < 1.29 is 22.6 Å². The third-order valence-electron chi connectivity index (χ3n) is 3.19. The first kappa shape index (κ1) is 15.1. The van der Waals surface area contributed by atoms with E-state index in [1.165, 1.54) is 24.6 Å². The second kappa shape index (κ2) is 5.99. The molecule has 1 fully saturated rings. The molecule has 1 heterocycles. The Bertz CT molecular complexity index is 572. The lowest BCUT2D eigenvalue weighted by atomic mass is 10.3. The molecule has 112 valence electrons. The monoisotopic (exact) mass is 301 g/mol. The smallest absolute Gasteiger partial charge is 0.247 e. The summed E-state index contributed by atoms with van der Waals surface area (Å²) in [6.45, 7) is 2.92. The van der Waals surface area contributed by atoms with Crippen molar-refractivity contribution in [2.24, 2.45) is 0 Å². The van der Waals surface area contributed by atoms with Crippen molar-refractivity contribution >= 4 is 10.0 Å². The van der Waals surface area contributed by atoms with E-state index in [0.29, 0.717) is 31.2 Å². The molecule has 0 aliphatic carbocycles. The number of hydrogen-bond acceptors (Lipinski definition) is 5. The van der Waals surface area contributed by atoms with Gasteiger partial charge in [0.2, 0.25) is 10.0 Å². The van der Waals surface area contributed by atoms with Gasteiger partial charge in [0.05, 0.1) is 26.9 Å². The second-order valence-corrected chi connectivity index (χ2v) is 6.47. The highest BCUT2D eigenvalue weighted by molar-refractivity contribution is 7.89. The first-order valence-electron chi connectivity index (χ1n) is 6.33. The standard InChI is InChI=1S/C13H19NO5S/c1-10-9-14(6-7-19-10)20(15,16)13-8-11(17-2)4-5-12(13)18-3/h4-5,8,10H,6-7,9H2,1-3H3/t10-/m1/s1. The van der Waals surface area contributed by atoms with Crippen LogP contribution in [0, 0.1) is 0 Å². The number of sulfonamides is 1. The number of ether oxygens (including phenoxy) is 3. The Morgan fingerprint density at radius 3 is 2.65 bits per heavy atom. The predicted molar refractivity (Wildman–Crippen MR) is 73.7 cm³/mol. The summed E-state index contributed by atoms with van der Waals surface area (Å²) in [5.74, 6) is 0.788.